The molecule has 0 aromatic heterocycles. The summed E-state index contributed by atoms with van der Waals surface area (Å²) in [7, 11) is 0. The van der Waals surface area contributed by atoms with Crippen molar-refractivity contribution >= 4 is 12.4 Å². The summed E-state index contributed by atoms with van der Waals surface area (Å²) < 4.78 is 0. The van der Waals surface area contributed by atoms with E-state index < -0.39 is 0 Å². The first-order valence-electron chi connectivity index (χ1n) is 13.8. The Labute approximate surface area is 189 Å². The van der Waals surface area contributed by atoms with Gasteiger partial charge >= 0.3 is 0 Å². The van der Waals surface area contributed by atoms with Gasteiger partial charge in [-0.1, -0.05) is 146 Å². The molecule has 0 radical (unpaired) electrons. The van der Waals surface area contributed by atoms with Crippen molar-refractivity contribution in [3.8, 4) is 0 Å². The summed E-state index contributed by atoms with van der Waals surface area (Å²) in [6, 6.07) is 0. The van der Waals surface area contributed by atoms with Crippen molar-refractivity contribution < 1.29 is 0 Å². The fourth-order valence-corrected chi connectivity index (χ4v) is 4.65. The van der Waals surface area contributed by atoms with Crippen LogP contribution in [-0.4, -0.2) is 12.4 Å². The van der Waals surface area contributed by atoms with Gasteiger partial charge in [0.05, 0.1) is 6.42 Å². The van der Waals surface area contributed by atoms with Crippen LogP contribution in [0.1, 0.15) is 155 Å². The van der Waals surface area contributed by atoms with Crippen molar-refractivity contribution in [1.82, 2.24) is 0 Å². The van der Waals surface area contributed by atoms with E-state index in [0.717, 1.165) is 18.5 Å². The van der Waals surface area contributed by atoms with E-state index >= 15 is 0 Å². The van der Waals surface area contributed by atoms with Crippen LogP contribution in [0, 0.1) is 12.1 Å². The number of rotatable bonds is 23. The van der Waals surface area contributed by atoms with E-state index in [1.54, 1.807) is 0 Å². The van der Waals surface area contributed by atoms with Crippen molar-refractivity contribution in [2.24, 2.45) is 15.9 Å². The normalized spacial score (nSPS) is 14.1. The summed E-state index contributed by atoms with van der Waals surface area (Å²) in [5, 5.41) is 0. The lowest BCUT2D eigenvalue weighted by Gasteiger charge is -2.15. The van der Waals surface area contributed by atoms with Crippen molar-refractivity contribution in [3.05, 3.63) is 6.17 Å². The third kappa shape index (κ3) is 16.9. The van der Waals surface area contributed by atoms with Crippen molar-refractivity contribution in [2.75, 3.05) is 0 Å². The van der Waals surface area contributed by atoms with Crippen LogP contribution in [0.15, 0.2) is 9.98 Å². The predicted octanol–water partition coefficient (Wildman–Crippen LogP) is 9.87. The minimum Gasteiger partial charge on any atom is -0.0968 e. The molecule has 0 N–H and O–H groups in total. The summed E-state index contributed by atoms with van der Waals surface area (Å²) in [5.41, 5.74) is 0. The first-order chi connectivity index (χ1) is 14.9. The van der Waals surface area contributed by atoms with Crippen LogP contribution in [0.3, 0.4) is 0 Å². The molecule has 1 atom stereocenters. The fourth-order valence-electron chi connectivity index (χ4n) is 4.65. The lowest BCUT2D eigenvalue weighted by Crippen LogP contribution is -2.05. The van der Waals surface area contributed by atoms with Gasteiger partial charge in [-0.3, -0.25) is 0 Å². The van der Waals surface area contributed by atoms with E-state index in [4.69, 9.17) is 0 Å². The number of hydrogen-bond donors (Lipinski definition) is 0. The molecule has 1 rings (SSSR count). The molecule has 1 unspecified atom stereocenters. The predicted molar refractivity (Wildman–Crippen MR) is 137 cm³/mol. The van der Waals surface area contributed by atoms with Crippen molar-refractivity contribution in [1.29, 1.82) is 0 Å². The smallest absolute Gasteiger partial charge is 0.0968 e. The summed E-state index contributed by atoms with van der Waals surface area (Å²) >= 11 is 0. The summed E-state index contributed by atoms with van der Waals surface area (Å²) in [6.07, 6.45) is 35.7. The van der Waals surface area contributed by atoms with Gasteiger partial charge in [0.1, 0.15) is 0 Å². The zero-order chi connectivity index (χ0) is 21.5. The minimum atomic E-state index is 0.797. The third-order valence-corrected chi connectivity index (χ3v) is 6.67. The third-order valence-electron chi connectivity index (χ3n) is 6.67. The second-order valence-corrected chi connectivity index (χ2v) is 9.63. The van der Waals surface area contributed by atoms with Gasteiger partial charge in [0, 0.05) is 0 Å². The number of unbranched alkanes of at least 4 members (excludes halogenated alkanes) is 17. The van der Waals surface area contributed by atoms with Gasteiger partial charge in [-0.2, -0.15) is 0 Å². The topological polar surface area (TPSA) is 24.7 Å². The van der Waals surface area contributed by atoms with Crippen molar-refractivity contribution in [2.45, 2.75) is 155 Å². The molecule has 30 heavy (non-hydrogen) atoms. The second-order valence-electron chi connectivity index (χ2n) is 9.63. The lowest BCUT2D eigenvalue weighted by molar-refractivity contribution is 0.384. The first kappa shape index (κ1) is 27.2. The van der Waals surface area contributed by atoms with Crippen LogP contribution in [-0.2, 0) is 0 Å². The van der Waals surface area contributed by atoms with E-state index in [-0.39, 0.29) is 0 Å². The Morgan fingerprint density at radius 1 is 0.500 bits per heavy atom. The van der Waals surface area contributed by atoms with Gasteiger partial charge in [-0.15, -0.1) is 0 Å². The highest BCUT2D eigenvalue weighted by Gasteiger charge is 2.22. The molecule has 0 aliphatic carbocycles. The number of aliphatic imine (C=N–C) groups is 2. The van der Waals surface area contributed by atoms with E-state index in [9.17, 15) is 0 Å². The standard InChI is InChI=1S/C28H53N2/c1-3-5-7-9-11-12-13-14-15-17-19-21-23-27(26-28-29-24-25-30-28)22-20-18-16-10-8-6-4-2/h24-25,27H,3-23,26H2,1-2H3/q+1. The molecule has 0 fully saturated rings. The Bertz CT molecular complexity index is 389. The number of nitrogens with zero attached hydrogens (tertiary/aromatic N) is 2. The largest absolute Gasteiger partial charge is 0.240 e. The van der Waals surface area contributed by atoms with E-state index in [0.29, 0.717) is 0 Å². The molecule has 0 bridgehead atoms. The van der Waals surface area contributed by atoms with E-state index in [1.807, 2.05) is 12.4 Å². The number of hydrogen-bond acceptors (Lipinski definition) is 2. The van der Waals surface area contributed by atoms with Crippen LogP contribution in [0.4, 0.5) is 0 Å². The van der Waals surface area contributed by atoms with Crippen LogP contribution < -0.4 is 0 Å². The van der Waals surface area contributed by atoms with E-state index in [1.165, 1.54) is 135 Å². The molecule has 0 aromatic carbocycles. The second kappa shape index (κ2) is 21.4. The molecule has 2 heteroatoms. The minimum absolute atomic E-state index is 0.797. The monoisotopic (exact) mass is 417 g/mol. The molecule has 0 spiro atoms. The van der Waals surface area contributed by atoms with Gasteiger partial charge in [-0.05, 0) is 18.8 Å². The molecule has 0 saturated heterocycles. The van der Waals surface area contributed by atoms with Gasteiger partial charge in [0.15, 0.2) is 12.4 Å². The van der Waals surface area contributed by atoms with Gasteiger partial charge in [0.2, 0.25) is 6.17 Å². The van der Waals surface area contributed by atoms with Crippen LogP contribution in [0.2, 0.25) is 0 Å². The zero-order valence-corrected chi connectivity index (χ0v) is 20.7. The molecule has 1 aliphatic rings. The quantitative estimate of drug-likeness (QED) is 0.117. The van der Waals surface area contributed by atoms with Gasteiger partial charge in [-0.25, -0.2) is 0 Å². The molecule has 174 valence electrons. The average molecular weight is 418 g/mol. The Morgan fingerprint density at radius 2 is 0.833 bits per heavy atom. The van der Waals surface area contributed by atoms with Crippen LogP contribution in [0.5, 0.6) is 0 Å². The first-order valence-corrected chi connectivity index (χ1v) is 13.8. The Balaban J connectivity index is 2.01. The SMILES string of the molecule is CCCCCCCCCCCCCCC(CCCCCCCCC)C[C+]1N=CC=N1. The molecular formula is C28H53N2+. The van der Waals surface area contributed by atoms with Gasteiger partial charge < -0.3 is 0 Å². The Hall–Kier alpha value is -0.790. The zero-order valence-electron chi connectivity index (χ0n) is 20.7. The lowest BCUT2D eigenvalue weighted by atomic mass is 9.90. The highest BCUT2D eigenvalue weighted by Crippen LogP contribution is 2.28. The summed E-state index contributed by atoms with van der Waals surface area (Å²) in [5.74, 6) is 0.797. The maximum absolute atomic E-state index is 4.43. The highest BCUT2D eigenvalue weighted by molar-refractivity contribution is 6.18. The maximum atomic E-state index is 4.43. The highest BCUT2D eigenvalue weighted by atomic mass is 15.0. The average Bonchev–Trinajstić information content (AvgIpc) is 3.26. The molecular weight excluding hydrogens is 364 g/mol. The summed E-state index contributed by atoms with van der Waals surface area (Å²) in [4.78, 5) is 8.87. The fraction of sp³-hybridized carbons (Fsp3) is 0.893. The molecule has 0 aromatic rings. The Morgan fingerprint density at radius 3 is 1.20 bits per heavy atom. The molecule has 0 amide bonds. The summed E-state index contributed by atoms with van der Waals surface area (Å²) in [6.45, 7) is 4.60. The maximum Gasteiger partial charge on any atom is 0.240 e. The molecule has 1 aliphatic heterocycles. The molecule has 2 nitrogen and oxygen atoms in total. The molecule has 1 heterocycles. The van der Waals surface area contributed by atoms with Crippen molar-refractivity contribution in [3.63, 3.8) is 0 Å². The Kier molecular flexibility index (Phi) is 19.5. The van der Waals surface area contributed by atoms with E-state index in [2.05, 4.69) is 23.8 Å². The van der Waals surface area contributed by atoms with Crippen LogP contribution >= 0.6 is 0 Å². The van der Waals surface area contributed by atoms with Crippen LogP contribution in [0.25, 0.3) is 0 Å². The molecule has 0 saturated carbocycles. The van der Waals surface area contributed by atoms with Gasteiger partial charge in [0.25, 0.3) is 0 Å².